The molecule has 0 bridgehead atoms. The quantitative estimate of drug-likeness (QED) is 0.664. The van der Waals surface area contributed by atoms with Crippen molar-refractivity contribution < 1.29 is 24.2 Å². The van der Waals surface area contributed by atoms with E-state index in [0.29, 0.717) is 4.57 Å². The van der Waals surface area contributed by atoms with Crippen LogP contribution in [0, 0.1) is 0 Å². The summed E-state index contributed by atoms with van der Waals surface area (Å²) in [6, 6.07) is 8.42. The van der Waals surface area contributed by atoms with Gasteiger partial charge >= 0.3 is 12.1 Å². The number of halogens is 1. The first-order chi connectivity index (χ1) is 10.4. The minimum Gasteiger partial charge on any atom is -0.464 e. The molecule has 2 rings (SSSR count). The van der Waals surface area contributed by atoms with Gasteiger partial charge in [0.15, 0.2) is 5.78 Å². The van der Waals surface area contributed by atoms with Gasteiger partial charge in [0.25, 0.3) is 0 Å². The SMILES string of the molecule is COC(=O)c1cc(C(=O)Cc2ccc(Br)cc2)cn1C(=O)O. The molecule has 1 aromatic heterocycles. The van der Waals surface area contributed by atoms with Gasteiger partial charge in [-0.3, -0.25) is 4.79 Å². The molecular weight excluding hydrogens is 354 g/mol. The minimum atomic E-state index is -1.36. The Labute approximate surface area is 134 Å². The molecule has 0 amide bonds. The van der Waals surface area contributed by atoms with Crippen LogP contribution >= 0.6 is 15.9 Å². The van der Waals surface area contributed by atoms with Crippen molar-refractivity contribution in [1.29, 1.82) is 0 Å². The Morgan fingerprint density at radius 1 is 1.23 bits per heavy atom. The van der Waals surface area contributed by atoms with Crippen molar-refractivity contribution >= 4 is 33.8 Å². The van der Waals surface area contributed by atoms with Crippen LogP contribution in [0.4, 0.5) is 4.79 Å². The van der Waals surface area contributed by atoms with Gasteiger partial charge in [-0.25, -0.2) is 14.2 Å². The van der Waals surface area contributed by atoms with E-state index < -0.39 is 12.1 Å². The molecule has 7 heteroatoms. The summed E-state index contributed by atoms with van der Waals surface area (Å²) in [6.07, 6.45) is -0.129. The van der Waals surface area contributed by atoms with Crippen molar-refractivity contribution in [2.45, 2.75) is 6.42 Å². The molecule has 0 aliphatic heterocycles. The molecule has 0 saturated heterocycles. The average molecular weight is 366 g/mol. The predicted octanol–water partition coefficient (Wildman–Crippen LogP) is 2.99. The summed E-state index contributed by atoms with van der Waals surface area (Å²) in [5, 5.41) is 9.06. The highest BCUT2D eigenvalue weighted by Gasteiger charge is 2.21. The van der Waals surface area contributed by atoms with E-state index in [1.54, 1.807) is 12.1 Å². The maximum absolute atomic E-state index is 12.2. The third kappa shape index (κ3) is 3.43. The maximum atomic E-state index is 12.2. The number of hydrogen-bond acceptors (Lipinski definition) is 4. The molecule has 0 unspecified atom stereocenters. The third-order valence-corrected chi connectivity index (χ3v) is 3.55. The second-order valence-electron chi connectivity index (χ2n) is 4.48. The van der Waals surface area contributed by atoms with Crippen LogP contribution in [0.25, 0.3) is 0 Å². The van der Waals surface area contributed by atoms with E-state index in [9.17, 15) is 14.4 Å². The number of ketones is 1. The molecule has 114 valence electrons. The van der Waals surface area contributed by atoms with E-state index in [0.717, 1.165) is 23.3 Å². The Morgan fingerprint density at radius 3 is 2.41 bits per heavy atom. The molecule has 1 heterocycles. The highest BCUT2D eigenvalue weighted by Crippen LogP contribution is 2.15. The first-order valence-electron chi connectivity index (χ1n) is 6.24. The van der Waals surface area contributed by atoms with E-state index in [4.69, 9.17) is 5.11 Å². The molecule has 0 saturated carbocycles. The monoisotopic (exact) mass is 365 g/mol. The summed E-state index contributed by atoms with van der Waals surface area (Å²) in [5.74, 6) is -1.10. The normalized spacial score (nSPS) is 10.3. The Hall–Kier alpha value is -2.41. The first-order valence-corrected chi connectivity index (χ1v) is 7.03. The summed E-state index contributed by atoms with van der Waals surface area (Å²) in [5.41, 5.74) is 0.732. The Kier molecular flexibility index (Phi) is 4.77. The lowest BCUT2D eigenvalue weighted by molar-refractivity contribution is 0.0588. The summed E-state index contributed by atoms with van der Waals surface area (Å²) in [6.45, 7) is 0. The molecule has 1 N–H and O–H groups in total. The Balaban J connectivity index is 2.28. The van der Waals surface area contributed by atoms with Crippen LogP contribution in [0.2, 0.25) is 0 Å². The molecule has 0 radical (unpaired) electrons. The van der Waals surface area contributed by atoms with Crippen LogP contribution in [-0.4, -0.2) is 34.6 Å². The second kappa shape index (κ2) is 6.57. The molecule has 0 atom stereocenters. The number of ether oxygens (including phenoxy) is 1. The van der Waals surface area contributed by atoms with Crippen LogP contribution in [0.1, 0.15) is 26.4 Å². The van der Waals surface area contributed by atoms with Crippen molar-refractivity contribution in [3.8, 4) is 0 Å². The van der Waals surface area contributed by atoms with Gasteiger partial charge in [-0.2, -0.15) is 0 Å². The lowest BCUT2D eigenvalue weighted by atomic mass is 10.1. The zero-order valence-corrected chi connectivity index (χ0v) is 13.2. The smallest absolute Gasteiger partial charge is 0.416 e. The van der Waals surface area contributed by atoms with Crippen molar-refractivity contribution in [2.75, 3.05) is 7.11 Å². The molecule has 0 fully saturated rings. The lowest BCUT2D eigenvalue weighted by Gasteiger charge is -2.00. The molecule has 1 aromatic carbocycles. The second-order valence-corrected chi connectivity index (χ2v) is 5.40. The van der Waals surface area contributed by atoms with Gasteiger partial charge in [-0.15, -0.1) is 0 Å². The zero-order valence-electron chi connectivity index (χ0n) is 11.6. The van der Waals surface area contributed by atoms with Gasteiger partial charge < -0.3 is 9.84 Å². The molecule has 6 nitrogen and oxygen atoms in total. The van der Waals surface area contributed by atoms with E-state index in [1.807, 2.05) is 12.1 Å². The van der Waals surface area contributed by atoms with Crippen LogP contribution in [0.3, 0.4) is 0 Å². The lowest BCUT2D eigenvalue weighted by Crippen LogP contribution is -2.15. The fraction of sp³-hybridized carbons (Fsp3) is 0.133. The molecule has 22 heavy (non-hydrogen) atoms. The Bertz CT molecular complexity index is 733. The standard InChI is InChI=1S/C15H12BrNO5/c1-22-14(19)12-7-10(8-17(12)15(20)21)13(18)6-9-2-4-11(16)5-3-9/h2-5,7-8H,6H2,1H3,(H,20,21). The molecular formula is C15H12BrNO5. The predicted molar refractivity (Wildman–Crippen MR) is 81.4 cm³/mol. The number of rotatable bonds is 4. The maximum Gasteiger partial charge on any atom is 0.416 e. The van der Waals surface area contributed by atoms with Gasteiger partial charge in [0.1, 0.15) is 5.69 Å². The summed E-state index contributed by atoms with van der Waals surface area (Å²) >= 11 is 3.30. The van der Waals surface area contributed by atoms with E-state index in [-0.39, 0.29) is 23.5 Å². The topological polar surface area (TPSA) is 85.6 Å². The van der Waals surface area contributed by atoms with Crippen LogP contribution in [0.5, 0.6) is 0 Å². The number of nitrogens with zero attached hydrogens (tertiary/aromatic N) is 1. The van der Waals surface area contributed by atoms with Gasteiger partial charge in [-0.05, 0) is 23.8 Å². The number of esters is 1. The van der Waals surface area contributed by atoms with Crippen molar-refractivity contribution in [2.24, 2.45) is 0 Å². The molecule has 0 aliphatic rings. The van der Waals surface area contributed by atoms with Gasteiger partial charge in [0.2, 0.25) is 0 Å². The van der Waals surface area contributed by atoms with Crippen LogP contribution in [0.15, 0.2) is 41.0 Å². The number of carbonyl (C=O) groups excluding carboxylic acids is 2. The van der Waals surface area contributed by atoms with Gasteiger partial charge in [-0.1, -0.05) is 28.1 Å². The van der Waals surface area contributed by atoms with Gasteiger partial charge in [0, 0.05) is 22.7 Å². The summed E-state index contributed by atoms with van der Waals surface area (Å²) in [4.78, 5) is 34.9. The Morgan fingerprint density at radius 2 is 1.86 bits per heavy atom. The average Bonchev–Trinajstić information content (AvgIpc) is 2.94. The number of carbonyl (C=O) groups is 3. The largest absolute Gasteiger partial charge is 0.464 e. The fourth-order valence-electron chi connectivity index (χ4n) is 1.93. The van der Waals surface area contributed by atoms with Crippen molar-refractivity contribution in [3.05, 3.63) is 57.8 Å². The fourth-order valence-corrected chi connectivity index (χ4v) is 2.19. The number of aromatic nitrogens is 1. The van der Waals surface area contributed by atoms with E-state index >= 15 is 0 Å². The number of hydrogen-bond donors (Lipinski definition) is 1. The first kappa shape index (κ1) is 16.0. The molecule has 0 aliphatic carbocycles. The van der Waals surface area contributed by atoms with Crippen LogP contribution < -0.4 is 0 Å². The highest BCUT2D eigenvalue weighted by molar-refractivity contribution is 9.10. The summed E-state index contributed by atoms with van der Waals surface area (Å²) < 4.78 is 6.09. The van der Waals surface area contributed by atoms with Gasteiger partial charge in [0.05, 0.1) is 7.11 Å². The third-order valence-electron chi connectivity index (χ3n) is 3.02. The number of carboxylic acid groups (broad SMARTS) is 1. The summed E-state index contributed by atoms with van der Waals surface area (Å²) in [7, 11) is 1.14. The molecule has 2 aromatic rings. The number of Topliss-reactive ketones (excluding diaryl/α,β-unsaturated/α-hetero) is 1. The number of benzene rings is 1. The van der Waals surface area contributed by atoms with Crippen LogP contribution in [-0.2, 0) is 11.2 Å². The molecule has 0 spiro atoms. The number of methoxy groups -OCH3 is 1. The highest BCUT2D eigenvalue weighted by atomic mass is 79.9. The minimum absolute atomic E-state index is 0.109. The van der Waals surface area contributed by atoms with Crippen molar-refractivity contribution in [1.82, 2.24) is 4.57 Å². The van der Waals surface area contributed by atoms with E-state index in [2.05, 4.69) is 20.7 Å². The van der Waals surface area contributed by atoms with Crippen molar-refractivity contribution in [3.63, 3.8) is 0 Å². The van der Waals surface area contributed by atoms with E-state index in [1.165, 1.54) is 6.07 Å². The zero-order chi connectivity index (χ0) is 16.3.